The van der Waals surface area contributed by atoms with Gasteiger partial charge in [0.25, 0.3) is 0 Å². The predicted molar refractivity (Wildman–Crippen MR) is 129 cm³/mol. The number of hydrogen-bond donors (Lipinski definition) is 3. The van der Waals surface area contributed by atoms with Gasteiger partial charge in [0, 0.05) is 56.5 Å². The van der Waals surface area contributed by atoms with Crippen molar-refractivity contribution < 1.29 is 4.79 Å². The summed E-state index contributed by atoms with van der Waals surface area (Å²) in [5.41, 5.74) is 1.46. The van der Waals surface area contributed by atoms with E-state index in [1.807, 2.05) is 37.4 Å². The molecule has 1 saturated heterocycles. The summed E-state index contributed by atoms with van der Waals surface area (Å²) in [7, 11) is 1.83. The molecule has 1 aromatic heterocycles. The Labute approximate surface area is 185 Å². The Bertz CT molecular complexity index is 927. The van der Waals surface area contributed by atoms with Gasteiger partial charge >= 0.3 is 0 Å². The lowest BCUT2D eigenvalue weighted by Gasteiger charge is -2.26. The van der Waals surface area contributed by atoms with Crippen molar-refractivity contribution in [3.05, 3.63) is 42.5 Å². The summed E-state index contributed by atoms with van der Waals surface area (Å²) < 4.78 is 0. The molecule has 1 aliphatic rings. The van der Waals surface area contributed by atoms with E-state index in [2.05, 4.69) is 53.4 Å². The van der Waals surface area contributed by atoms with E-state index < -0.39 is 0 Å². The molecule has 1 amide bonds. The molecule has 2 aromatic rings. The maximum atomic E-state index is 13.0. The minimum Gasteiger partial charge on any atom is -0.369 e. The summed E-state index contributed by atoms with van der Waals surface area (Å²) in [6, 6.07) is 10.4. The van der Waals surface area contributed by atoms with E-state index in [1.165, 1.54) is 0 Å². The van der Waals surface area contributed by atoms with Crippen LogP contribution in [0.2, 0.25) is 0 Å². The SMILES string of the molecule is CC/C=C/C(C)(CC(=O)Nc1cccc2nc(NCCN(C)N)ccc12)CN1CC1C. The third kappa shape index (κ3) is 6.75. The van der Waals surface area contributed by atoms with Crippen LogP contribution in [0.3, 0.4) is 0 Å². The highest BCUT2D eigenvalue weighted by molar-refractivity contribution is 6.01. The molecule has 168 valence electrons. The number of aromatic nitrogens is 1. The van der Waals surface area contributed by atoms with E-state index in [4.69, 9.17) is 5.84 Å². The summed E-state index contributed by atoms with van der Waals surface area (Å²) in [5.74, 6) is 6.47. The Morgan fingerprint density at radius 1 is 1.39 bits per heavy atom. The monoisotopic (exact) mass is 424 g/mol. The van der Waals surface area contributed by atoms with Crippen molar-refractivity contribution in [1.82, 2.24) is 14.9 Å². The Kier molecular flexibility index (Phi) is 7.64. The van der Waals surface area contributed by atoms with Crippen LogP contribution < -0.4 is 16.5 Å². The third-order valence-corrected chi connectivity index (χ3v) is 5.65. The van der Waals surface area contributed by atoms with Gasteiger partial charge in [0.2, 0.25) is 5.91 Å². The van der Waals surface area contributed by atoms with Gasteiger partial charge in [-0.15, -0.1) is 0 Å². The molecule has 3 unspecified atom stereocenters. The minimum atomic E-state index is -0.180. The van der Waals surface area contributed by atoms with Crippen molar-refractivity contribution in [3.63, 3.8) is 0 Å². The summed E-state index contributed by atoms with van der Waals surface area (Å²) in [6.07, 6.45) is 5.79. The highest BCUT2D eigenvalue weighted by Gasteiger charge is 2.36. The summed E-state index contributed by atoms with van der Waals surface area (Å²) in [6.45, 7) is 9.97. The van der Waals surface area contributed by atoms with E-state index >= 15 is 0 Å². The number of nitrogens with zero attached hydrogens (tertiary/aromatic N) is 3. The van der Waals surface area contributed by atoms with Crippen molar-refractivity contribution in [2.45, 2.75) is 39.7 Å². The van der Waals surface area contributed by atoms with Gasteiger partial charge in [-0.2, -0.15) is 0 Å². The Hall–Kier alpha value is -2.48. The molecule has 31 heavy (non-hydrogen) atoms. The molecule has 0 saturated carbocycles. The number of allylic oxidation sites excluding steroid dienone is 1. The largest absolute Gasteiger partial charge is 0.369 e. The zero-order valence-electron chi connectivity index (χ0n) is 19.2. The normalized spacial score (nSPS) is 20.2. The number of carbonyl (C=O) groups excluding carboxylic acids is 1. The van der Waals surface area contributed by atoms with Gasteiger partial charge in [-0.05, 0) is 37.6 Å². The number of pyridine rings is 1. The molecule has 0 radical (unpaired) electrons. The van der Waals surface area contributed by atoms with Crippen molar-refractivity contribution in [3.8, 4) is 0 Å². The Morgan fingerprint density at radius 2 is 2.16 bits per heavy atom. The number of nitrogens with one attached hydrogen (secondary N) is 2. The van der Waals surface area contributed by atoms with Gasteiger partial charge in [-0.1, -0.05) is 32.1 Å². The number of anilines is 2. The summed E-state index contributed by atoms with van der Waals surface area (Å²) in [4.78, 5) is 20.1. The summed E-state index contributed by atoms with van der Waals surface area (Å²) >= 11 is 0. The van der Waals surface area contributed by atoms with Gasteiger partial charge in [0.15, 0.2) is 0 Å². The fraction of sp³-hybridized carbons (Fsp3) is 0.500. The van der Waals surface area contributed by atoms with E-state index in [-0.39, 0.29) is 11.3 Å². The van der Waals surface area contributed by atoms with Crippen molar-refractivity contribution >= 4 is 28.3 Å². The van der Waals surface area contributed by atoms with Crippen LogP contribution in [0.25, 0.3) is 10.9 Å². The molecule has 2 heterocycles. The molecule has 7 heteroatoms. The molecular weight excluding hydrogens is 388 g/mol. The average Bonchev–Trinajstić information content (AvgIpc) is 3.39. The number of benzene rings is 1. The van der Waals surface area contributed by atoms with Crippen LogP contribution in [0.5, 0.6) is 0 Å². The van der Waals surface area contributed by atoms with Crippen LogP contribution in [-0.2, 0) is 4.79 Å². The maximum absolute atomic E-state index is 13.0. The van der Waals surface area contributed by atoms with E-state index in [9.17, 15) is 4.79 Å². The first-order valence-electron chi connectivity index (χ1n) is 11.1. The number of hydrogen-bond acceptors (Lipinski definition) is 6. The smallest absolute Gasteiger partial charge is 0.225 e. The van der Waals surface area contributed by atoms with Gasteiger partial charge in [0.1, 0.15) is 5.82 Å². The molecule has 7 nitrogen and oxygen atoms in total. The van der Waals surface area contributed by atoms with Gasteiger partial charge in [-0.25, -0.2) is 9.99 Å². The highest BCUT2D eigenvalue weighted by Crippen LogP contribution is 2.32. The first-order chi connectivity index (χ1) is 14.8. The zero-order chi connectivity index (χ0) is 22.4. The Balaban J connectivity index is 1.69. The number of nitrogens with two attached hydrogens (primary N) is 1. The van der Waals surface area contributed by atoms with Gasteiger partial charge in [0.05, 0.1) is 11.2 Å². The lowest BCUT2D eigenvalue weighted by atomic mass is 9.85. The molecular formula is C24H36N6O. The second-order valence-corrected chi connectivity index (χ2v) is 8.94. The molecule has 1 aliphatic heterocycles. The number of rotatable bonds is 11. The molecule has 0 bridgehead atoms. The van der Waals surface area contributed by atoms with Crippen molar-refractivity contribution in [2.24, 2.45) is 11.3 Å². The van der Waals surface area contributed by atoms with Gasteiger partial charge in [-0.3, -0.25) is 15.5 Å². The lowest BCUT2D eigenvalue weighted by Crippen LogP contribution is -2.31. The van der Waals surface area contributed by atoms with Crippen molar-refractivity contribution in [2.75, 3.05) is 43.9 Å². The van der Waals surface area contributed by atoms with Crippen LogP contribution >= 0.6 is 0 Å². The lowest BCUT2D eigenvalue weighted by molar-refractivity contribution is -0.117. The van der Waals surface area contributed by atoms with Crippen LogP contribution in [0.1, 0.15) is 33.6 Å². The molecule has 3 atom stereocenters. The van der Waals surface area contributed by atoms with Crippen LogP contribution in [0, 0.1) is 5.41 Å². The Morgan fingerprint density at radius 3 is 2.84 bits per heavy atom. The molecule has 1 fully saturated rings. The summed E-state index contributed by atoms with van der Waals surface area (Å²) in [5, 5.41) is 8.96. The fourth-order valence-corrected chi connectivity index (χ4v) is 3.83. The van der Waals surface area contributed by atoms with Crippen LogP contribution in [0.4, 0.5) is 11.5 Å². The predicted octanol–water partition coefficient (Wildman–Crippen LogP) is 3.46. The number of amides is 1. The average molecular weight is 425 g/mol. The first-order valence-corrected chi connectivity index (χ1v) is 11.1. The third-order valence-electron chi connectivity index (χ3n) is 5.65. The van der Waals surface area contributed by atoms with Crippen molar-refractivity contribution in [1.29, 1.82) is 0 Å². The second kappa shape index (κ2) is 10.2. The van der Waals surface area contributed by atoms with Gasteiger partial charge < -0.3 is 10.6 Å². The quantitative estimate of drug-likeness (QED) is 0.222. The van der Waals surface area contributed by atoms with Crippen LogP contribution in [0.15, 0.2) is 42.5 Å². The standard InChI is InChI=1S/C24H36N6O/c1-5-6-12-24(3,17-30-16-18(30)2)15-23(31)28-21-9-7-8-20-19(21)10-11-22(27-20)26-13-14-29(4)25/h6-12,18H,5,13-17,25H2,1-4H3,(H,26,27)(H,28,31)/b12-6+. The van der Waals surface area contributed by atoms with E-state index in [0.717, 1.165) is 48.5 Å². The number of carbonyl (C=O) groups is 1. The molecule has 4 N–H and O–H groups in total. The number of hydrazine groups is 1. The molecule has 1 aromatic carbocycles. The topological polar surface area (TPSA) is 86.3 Å². The molecule has 3 rings (SSSR count). The maximum Gasteiger partial charge on any atom is 0.225 e. The van der Waals surface area contributed by atoms with Crippen LogP contribution in [-0.4, -0.2) is 60.1 Å². The van der Waals surface area contributed by atoms with E-state index in [0.29, 0.717) is 19.0 Å². The van der Waals surface area contributed by atoms with E-state index in [1.54, 1.807) is 5.01 Å². The number of likely N-dealkylation sites (N-methyl/N-ethyl adjacent to an activating group) is 1. The highest BCUT2D eigenvalue weighted by atomic mass is 16.1. The zero-order valence-corrected chi connectivity index (χ0v) is 19.2. The fourth-order valence-electron chi connectivity index (χ4n) is 3.83. The second-order valence-electron chi connectivity index (χ2n) is 8.94. The molecule has 0 spiro atoms. The number of fused-ring (bicyclic) bond motifs is 1. The molecule has 0 aliphatic carbocycles. The first kappa shape index (κ1) is 23.2. The minimum absolute atomic E-state index is 0.0263.